The number of benzene rings is 2. The second-order valence-corrected chi connectivity index (χ2v) is 8.16. The van der Waals surface area contributed by atoms with Crippen molar-refractivity contribution < 1.29 is 17.6 Å². The van der Waals surface area contributed by atoms with E-state index in [0.717, 1.165) is 10.6 Å². The normalized spacial score (nSPS) is 11.2. The highest BCUT2D eigenvalue weighted by Gasteiger charge is 2.22. The number of amides is 1. The lowest BCUT2D eigenvalue weighted by Crippen LogP contribution is -2.41. The number of anilines is 1. The number of carbonyl (C=O) groups is 1. The SMILES string of the molecule is Cc1c(Cl)cccc1N(CC(=O)NCCc1ccccc1F)S(C)(=O)=O. The molecule has 8 heteroatoms. The Bertz CT molecular complexity index is 903. The molecular weight excluding hydrogens is 379 g/mol. The zero-order valence-electron chi connectivity index (χ0n) is 14.5. The highest BCUT2D eigenvalue weighted by molar-refractivity contribution is 7.92. The molecule has 0 aromatic heterocycles. The summed E-state index contributed by atoms with van der Waals surface area (Å²) in [5, 5.41) is 3.03. The number of nitrogens with zero attached hydrogens (tertiary/aromatic N) is 1. The van der Waals surface area contributed by atoms with Gasteiger partial charge in [0.25, 0.3) is 0 Å². The van der Waals surface area contributed by atoms with Crippen LogP contribution in [0.15, 0.2) is 42.5 Å². The molecule has 0 saturated heterocycles. The Hall–Kier alpha value is -2.12. The fourth-order valence-corrected chi connectivity index (χ4v) is 3.55. The van der Waals surface area contributed by atoms with Crippen molar-refractivity contribution >= 4 is 33.2 Å². The maximum atomic E-state index is 13.6. The summed E-state index contributed by atoms with van der Waals surface area (Å²) < 4.78 is 38.8. The average molecular weight is 399 g/mol. The van der Waals surface area contributed by atoms with E-state index in [1.54, 1.807) is 43.3 Å². The second-order valence-electron chi connectivity index (χ2n) is 5.84. The third kappa shape index (κ3) is 5.19. The Balaban J connectivity index is 2.06. The van der Waals surface area contributed by atoms with Crippen LogP contribution in [0.3, 0.4) is 0 Å². The minimum Gasteiger partial charge on any atom is -0.354 e. The first-order chi connectivity index (χ1) is 12.2. The number of hydrogen-bond acceptors (Lipinski definition) is 3. The standard InChI is InChI=1S/C18H20ClFN2O3S/c1-13-15(19)7-5-9-17(13)22(26(2,24)25)12-18(23)21-11-10-14-6-3-4-8-16(14)20/h3-9H,10-12H2,1-2H3,(H,21,23). The van der Waals surface area contributed by atoms with Gasteiger partial charge in [0.2, 0.25) is 15.9 Å². The van der Waals surface area contributed by atoms with Crippen LogP contribution in [0.5, 0.6) is 0 Å². The zero-order valence-corrected chi connectivity index (χ0v) is 16.1. The van der Waals surface area contributed by atoms with Gasteiger partial charge in [0.05, 0.1) is 11.9 Å². The largest absolute Gasteiger partial charge is 0.354 e. The van der Waals surface area contributed by atoms with E-state index in [-0.39, 0.29) is 18.9 Å². The van der Waals surface area contributed by atoms with Crippen molar-refractivity contribution in [1.82, 2.24) is 5.32 Å². The first-order valence-electron chi connectivity index (χ1n) is 7.93. The maximum absolute atomic E-state index is 13.6. The lowest BCUT2D eigenvalue weighted by atomic mass is 10.1. The first kappa shape index (κ1) is 20.2. The van der Waals surface area contributed by atoms with Gasteiger partial charge in [-0.3, -0.25) is 9.10 Å². The van der Waals surface area contributed by atoms with Crippen molar-refractivity contribution in [1.29, 1.82) is 0 Å². The summed E-state index contributed by atoms with van der Waals surface area (Å²) in [6.45, 7) is 1.51. The minimum absolute atomic E-state index is 0.200. The number of hydrogen-bond donors (Lipinski definition) is 1. The van der Waals surface area contributed by atoms with Gasteiger partial charge in [-0.15, -0.1) is 0 Å². The van der Waals surface area contributed by atoms with Gasteiger partial charge in [-0.25, -0.2) is 12.8 Å². The predicted octanol–water partition coefficient (Wildman–Crippen LogP) is 2.91. The summed E-state index contributed by atoms with van der Waals surface area (Å²) in [7, 11) is -3.68. The molecule has 0 atom stereocenters. The summed E-state index contributed by atoms with van der Waals surface area (Å²) >= 11 is 6.05. The van der Waals surface area contributed by atoms with E-state index in [1.807, 2.05) is 0 Å². The van der Waals surface area contributed by atoms with Gasteiger partial charge in [-0.1, -0.05) is 35.9 Å². The number of halogens is 2. The number of rotatable bonds is 7. The third-order valence-corrected chi connectivity index (χ3v) is 5.41. The first-order valence-corrected chi connectivity index (χ1v) is 10.2. The summed E-state index contributed by atoms with van der Waals surface area (Å²) in [5.74, 6) is -0.819. The number of carbonyl (C=O) groups excluding carboxylic acids is 1. The molecule has 1 amide bonds. The van der Waals surface area contributed by atoms with Crippen LogP contribution in [0.1, 0.15) is 11.1 Å². The quantitative estimate of drug-likeness (QED) is 0.779. The lowest BCUT2D eigenvalue weighted by Gasteiger charge is -2.24. The molecule has 2 aromatic rings. The molecular formula is C18H20ClFN2O3S. The maximum Gasteiger partial charge on any atom is 0.240 e. The van der Waals surface area contributed by atoms with Crippen molar-refractivity contribution in [3.8, 4) is 0 Å². The molecule has 2 rings (SSSR count). The van der Waals surface area contributed by atoms with Crippen LogP contribution in [0.2, 0.25) is 5.02 Å². The molecule has 1 N–H and O–H groups in total. The second kappa shape index (κ2) is 8.51. The van der Waals surface area contributed by atoms with Gasteiger partial charge >= 0.3 is 0 Å². The van der Waals surface area contributed by atoms with Crippen LogP contribution in [0, 0.1) is 12.7 Å². The topological polar surface area (TPSA) is 66.5 Å². The van der Waals surface area contributed by atoms with E-state index in [2.05, 4.69) is 5.32 Å². The fraction of sp³-hybridized carbons (Fsp3) is 0.278. The van der Waals surface area contributed by atoms with Crippen molar-refractivity contribution in [3.63, 3.8) is 0 Å². The van der Waals surface area contributed by atoms with Gasteiger partial charge in [-0.2, -0.15) is 0 Å². The van der Waals surface area contributed by atoms with Gasteiger partial charge in [0.1, 0.15) is 12.4 Å². The Morgan fingerprint density at radius 2 is 1.88 bits per heavy atom. The van der Waals surface area contributed by atoms with Gasteiger partial charge in [0, 0.05) is 11.6 Å². The van der Waals surface area contributed by atoms with E-state index in [0.29, 0.717) is 28.3 Å². The van der Waals surface area contributed by atoms with Gasteiger partial charge in [-0.05, 0) is 42.7 Å². The van der Waals surface area contributed by atoms with Crippen LogP contribution >= 0.6 is 11.6 Å². The molecule has 0 aliphatic carbocycles. The van der Waals surface area contributed by atoms with Crippen LogP contribution in [0.4, 0.5) is 10.1 Å². The zero-order chi connectivity index (χ0) is 19.3. The Morgan fingerprint density at radius 3 is 2.54 bits per heavy atom. The summed E-state index contributed by atoms with van der Waals surface area (Å²) in [4.78, 5) is 12.2. The van der Waals surface area contributed by atoms with E-state index in [4.69, 9.17) is 11.6 Å². The molecule has 0 aliphatic heterocycles. The van der Waals surface area contributed by atoms with Crippen LogP contribution in [-0.4, -0.2) is 33.7 Å². The Kier molecular flexibility index (Phi) is 6.61. The van der Waals surface area contributed by atoms with Crippen molar-refractivity contribution in [3.05, 3.63) is 64.4 Å². The molecule has 0 radical (unpaired) electrons. The van der Waals surface area contributed by atoms with Gasteiger partial charge < -0.3 is 5.32 Å². The molecule has 0 unspecified atom stereocenters. The van der Waals surface area contributed by atoms with Crippen LogP contribution in [-0.2, 0) is 21.2 Å². The summed E-state index contributed by atoms with van der Waals surface area (Å²) in [5.41, 5.74) is 1.40. The van der Waals surface area contributed by atoms with Crippen LogP contribution < -0.4 is 9.62 Å². The lowest BCUT2D eigenvalue weighted by molar-refractivity contribution is -0.119. The highest BCUT2D eigenvalue weighted by Crippen LogP contribution is 2.27. The van der Waals surface area contributed by atoms with E-state index in [1.165, 1.54) is 6.07 Å². The minimum atomic E-state index is -3.68. The van der Waals surface area contributed by atoms with E-state index >= 15 is 0 Å². The Morgan fingerprint density at radius 1 is 1.19 bits per heavy atom. The fourth-order valence-electron chi connectivity index (χ4n) is 2.47. The summed E-state index contributed by atoms with van der Waals surface area (Å²) in [6, 6.07) is 11.2. The van der Waals surface area contributed by atoms with Crippen molar-refractivity contribution in [2.24, 2.45) is 0 Å². The van der Waals surface area contributed by atoms with E-state index in [9.17, 15) is 17.6 Å². The summed E-state index contributed by atoms with van der Waals surface area (Å²) in [6.07, 6.45) is 1.34. The van der Waals surface area contributed by atoms with Crippen LogP contribution in [0.25, 0.3) is 0 Å². The molecule has 140 valence electrons. The molecule has 5 nitrogen and oxygen atoms in total. The van der Waals surface area contributed by atoms with E-state index < -0.39 is 15.9 Å². The average Bonchev–Trinajstić information content (AvgIpc) is 2.56. The highest BCUT2D eigenvalue weighted by atomic mass is 35.5. The monoisotopic (exact) mass is 398 g/mol. The molecule has 0 aliphatic rings. The molecule has 0 spiro atoms. The number of nitrogens with one attached hydrogen (secondary N) is 1. The van der Waals surface area contributed by atoms with Crippen molar-refractivity contribution in [2.75, 3.05) is 23.7 Å². The molecule has 0 fully saturated rings. The molecule has 26 heavy (non-hydrogen) atoms. The third-order valence-electron chi connectivity index (χ3n) is 3.87. The van der Waals surface area contributed by atoms with Gasteiger partial charge in [0.15, 0.2) is 0 Å². The number of sulfonamides is 1. The Labute approximate surface area is 157 Å². The predicted molar refractivity (Wildman–Crippen MR) is 101 cm³/mol. The molecule has 0 bridgehead atoms. The molecule has 0 saturated carbocycles. The molecule has 0 heterocycles. The van der Waals surface area contributed by atoms with Crippen molar-refractivity contribution in [2.45, 2.75) is 13.3 Å². The smallest absolute Gasteiger partial charge is 0.240 e. The molecule has 2 aromatic carbocycles.